The first-order valence-corrected chi connectivity index (χ1v) is 7.66. The molecule has 110 valence electrons. The first-order chi connectivity index (χ1) is 9.56. The number of likely N-dealkylation sites (N-methyl/N-ethyl adjacent to an activating group) is 1. The molecule has 3 nitrogen and oxygen atoms in total. The molecule has 0 aliphatic heterocycles. The summed E-state index contributed by atoms with van der Waals surface area (Å²) in [4.78, 5) is 18.5. The second-order valence-electron chi connectivity index (χ2n) is 6.46. The molecular formula is C17H26N2O. The van der Waals surface area contributed by atoms with Gasteiger partial charge >= 0.3 is 0 Å². The minimum absolute atomic E-state index is 0.230. The molecule has 3 atom stereocenters. The summed E-state index contributed by atoms with van der Waals surface area (Å²) in [7, 11) is 2.12. The van der Waals surface area contributed by atoms with Crippen LogP contribution in [-0.2, 0) is 11.2 Å². The fourth-order valence-corrected chi connectivity index (χ4v) is 3.27. The largest absolute Gasteiger partial charge is 0.305 e. The Hall–Kier alpha value is -1.22. The molecule has 20 heavy (non-hydrogen) atoms. The maximum absolute atomic E-state index is 12.2. The van der Waals surface area contributed by atoms with E-state index < -0.39 is 0 Å². The predicted octanol–water partition coefficient (Wildman–Crippen LogP) is 2.81. The van der Waals surface area contributed by atoms with Crippen LogP contribution in [0.1, 0.15) is 32.3 Å². The van der Waals surface area contributed by atoms with Crippen molar-refractivity contribution in [2.24, 2.45) is 17.8 Å². The molecule has 1 aromatic heterocycles. The minimum Gasteiger partial charge on any atom is -0.305 e. The summed E-state index contributed by atoms with van der Waals surface area (Å²) < 4.78 is 0. The molecule has 0 N–H and O–H groups in total. The monoisotopic (exact) mass is 274 g/mol. The second-order valence-corrected chi connectivity index (χ2v) is 6.46. The van der Waals surface area contributed by atoms with Crippen LogP contribution in [0.2, 0.25) is 0 Å². The Labute approximate surface area is 122 Å². The Morgan fingerprint density at radius 2 is 2.00 bits per heavy atom. The van der Waals surface area contributed by atoms with E-state index in [0.717, 1.165) is 25.9 Å². The van der Waals surface area contributed by atoms with E-state index in [1.54, 1.807) is 0 Å². The van der Waals surface area contributed by atoms with Crippen LogP contribution in [-0.4, -0.2) is 35.8 Å². The van der Waals surface area contributed by atoms with Crippen molar-refractivity contribution in [3.63, 3.8) is 0 Å². The van der Waals surface area contributed by atoms with Crippen LogP contribution in [0, 0.1) is 17.8 Å². The van der Waals surface area contributed by atoms with Crippen molar-refractivity contribution in [3.8, 4) is 0 Å². The van der Waals surface area contributed by atoms with E-state index in [9.17, 15) is 4.79 Å². The van der Waals surface area contributed by atoms with Gasteiger partial charge in [-0.1, -0.05) is 13.8 Å². The number of carbonyl (C=O) groups excluding carboxylic acids is 1. The van der Waals surface area contributed by atoms with Crippen LogP contribution in [0.15, 0.2) is 24.5 Å². The molecule has 0 aromatic carbocycles. The average molecular weight is 274 g/mol. The van der Waals surface area contributed by atoms with Gasteiger partial charge in [-0.15, -0.1) is 0 Å². The quantitative estimate of drug-likeness (QED) is 0.828. The lowest BCUT2D eigenvalue weighted by molar-refractivity contribution is -0.128. The highest BCUT2D eigenvalue weighted by Gasteiger charge is 2.32. The molecule has 0 radical (unpaired) electrons. The number of pyridine rings is 1. The first-order valence-electron chi connectivity index (χ1n) is 7.66. The zero-order chi connectivity index (χ0) is 14.5. The van der Waals surface area contributed by atoms with Gasteiger partial charge in [0.15, 0.2) is 0 Å². The number of hydrogen-bond donors (Lipinski definition) is 0. The molecule has 1 aromatic rings. The number of carbonyl (C=O) groups is 1. The van der Waals surface area contributed by atoms with Crippen LogP contribution in [0.25, 0.3) is 0 Å². The van der Waals surface area contributed by atoms with Crippen LogP contribution in [0.3, 0.4) is 0 Å². The fourth-order valence-electron chi connectivity index (χ4n) is 3.27. The Bertz CT molecular complexity index is 432. The maximum atomic E-state index is 12.2. The average Bonchev–Trinajstić information content (AvgIpc) is 2.42. The number of Topliss-reactive ketones (excluding diaryl/α,β-unsaturated/α-hetero) is 1. The summed E-state index contributed by atoms with van der Waals surface area (Å²) in [6, 6.07) is 4.12. The van der Waals surface area contributed by atoms with Gasteiger partial charge in [-0.3, -0.25) is 9.78 Å². The van der Waals surface area contributed by atoms with Crippen molar-refractivity contribution in [2.75, 3.05) is 20.1 Å². The van der Waals surface area contributed by atoms with E-state index in [-0.39, 0.29) is 5.92 Å². The summed E-state index contributed by atoms with van der Waals surface area (Å²) in [6.45, 7) is 6.32. The van der Waals surface area contributed by atoms with E-state index in [4.69, 9.17) is 0 Å². The molecule has 1 saturated carbocycles. The Morgan fingerprint density at radius 1 is 1.30 bits per heavy atom. The van der Waals surface area contributed by atoms with Gasteiger partial charge in [0.05, 0.1) is 0 Å². The maximum Gasteiger partial charge on any atom is 0.137 e. The molecular weight excluding hydrogens is 248 g/mol. The van der Waals surface area contributed by atoms with Gasteiger partial charge < -0.3 is 4.90 Å². The molecule has 3 unspecified atom stereocenters. The van der Waals surface area contributed by atoms with Gasteiger partial charge in [-0.25, -0.2) is 0 Å². The summed E-state index contributed by atoms with van der Waals surface area (Å²) >= 11 is 0. The summed E-state index contributed by atoms with van der Waals surface area (Å²) in [6.07, 6.45) is 6.65. The summed E-state index contributed by atoms with van der Waals surface area (Å²) in [5, 5.41) is 0. The lowest BCUT2D eigenvalue weighted by Gasteiger charge is -2.34. The van der Waals surface area contributed by atoms with Gasteiger partial charge in [-0.05, 0) is 49.4 Å². The van der Waals surface area contributed by atoms with Gasteiger partial charge in [0.25, 0.3) is 0 Å². The molecule has 3 heteroatoms. The van der Waals surface area contributed by atoms with E-state index in [1.165, 1.54) is 12.0 Å². The van der Waals surface area contributed by atoms with Gasteiger partial charge in [0.2, 0.25) is 0 Å². The van der Waals surface area contributed by atoms with E-state index in [0.29, 0.717) is 17.6 Å². The topological polar surface area (TPSA) is 33.2 Å². The van der Waals surface area contributed by atoms with Crippen LogP contribution < -0.4 is 0 Å². The van der Waals surface area contributed by atoms with E-state index in [1.807, 2.05) is 12.4 Å². The Morgan fingerprint density at radius 3 is 2.65 bits per heavy atom. The van der Waals surface area contributed by atoms with Crippen molar-refractivity contribution >= 4 is 5.78 Å². The van der Waals surface area contributed by atoms with Crippen LogP contribution >= 0.6 is 0 Å². The smallest absolute Gasteiger partial charge is 0.137 e. The van der Waals surface area contributed by atoms with Crippen molar-refractivity contribution in [2.45, 2.75) is 33.1 Å². The van der Waals surface area contributed by atoms with Crippen molar-refractivity contribution < 1.29 is 4.79 Å². The van der Waals surface area contributed by atoms with Crippen molar-refractivity contribution in [1.82, 2.24) is 9.88 Å². The van der Waals surface area contributed by atoms with Gasteiger partial charge in [-0.2, -0.15) is 0 Å². The molecule has 0 spiro atoms. The number of rotatable bonds is 5. The SMILES string of the molecule is CC1CC(=O)C(CN(C)CCc2ccncc2)C(C)C1. The Balaban J connectivity index is 1.82. The fraction of sp³-hybridized carbons (Fsp3) is 0.647. The number of nitrogens with zero attached hydrogens (tertiary/aromatic N) is 2. The molecule has 1 aliphatic rings. The third-order valence-corrected chi connectivity index (χ3v) is 4.46. The molecule has 1 fully saturated rings. The zero-order valence-corrected chi connectivity index (χ0v) is 12.9. The lowest BCUT2D eigenvalue weighted by atomic mass is 9.74. The number of hydrogen-bond acceptors (Lipinski definition) is 3. The summed E-state index contributed by atoms with van der Waals surface area (Å²) in [5.74, 6) is 1.78. The van der Waals surface area contributed by atoms with Gasteiger partial charge in [0, 0.05) is 37.8 Å². The number of ketones is 1. The van der Waals surface area contributed by atoms with Crippen LogP contribution in [0.5, 0.6) is 0 Å². The highest BCUT2D eigenvalue weighted by Crippen LogP contribution is 2.31. The zero-order valence-electron chi connectivity index (χ0n) is 12.9. The van der Waals surface area contributed by atoms with Crippen molar-refractivity contribution in [3.05, 3.63) is 30.1 Å². The van der Waals surface area contributed by atoms with Crippen LogP contribution in [0.4, 0.5) is 0 Å². The summed E-state index contributed by atoms with van der Waals surface area (Å²) in [5.41, 5.74) is 1.31. The van der Waals surface area contributed by atoms with E-state index in [2.05, 4.69) is 42.9 Å². The highest BCUT2D eigenvalue weighted by atomic mass is 16.1. The second kappa shape index (κ2) is 6.98. The third kappa shape index (κ3) is 4.14. The molecule has 0 saturated heterocycles. The Kier molecular flexibility index (Phi) is 5.30. The third-order valence-electron chi connectivity index (χ3n) is 4.46. The van der Waals surface area contributed by atoms with E-state index >= 15 is 0 Å². The molecule has 1 aliphatic carbocycles. The minimum atomic E-state index is 0.230. The highest BCUT2D eigenvalue weighted by molar-refractivity contribution is 5.82. The predicted molar refractivity (Wildman–Crippen MR) is 81.5 cm³/mol. The molecule has 1 heterocycles. The lowest BCUT2D eigenvalue weighted by Crippen LogP contribution is -2.39. The standard InChI is InChI=1S/C17H26N2O/c1-13-10-14(2)16(17(20)11-13)12-19(3)9-6-15-4-7-18-8-5-15/h4-5,7-8,13-14,16H,6,9-12H2,1-3H3. The molecule has 0 bridgehead atoms. The van der Waals surface area contributed by atoms with Gasteiger partial charge in [0.1, 0.15) is 5.78 Å². The normalized spacial score (nSPS) is 27.0. The number of aromatic nitrogens is 1. The molecule has 2 rings (SSSR count). The first kappa shape index (κ1) is 15.2. The molecule has 0 amide bonds. The van der Waals surface area contributed by atoms with Crippen molar-refractivity contribution in [1.29, 1.82) is 0 Å².